The highest BCUT2D eigenvalue weighted by Crippen LogP contribution is 2.20. The van der Waals surface area contributed by atoms with Crippen LogP contribution in [-0.4, -0.2) is 29.8 Å². The first-order valence-electron chi connectivity index (χ1n) is 5.61. The third kappa shape index (κ3) is 3.49. The number of carbonyl (C=O) groups is 1. The smallest absolute Gasteiger partial charge is 0.222 e. The summed E-state index contributed by atoms with van der Waals surface area (Å²) >= 11 is 5.69. The van der Waals surface area contributed by atoms with Crippen molar-refractivity contribution in [3.05, 3.63) is 0 Å². The van der Waals surface area contributed by atoms with Crippen molar-refractivity contribution in [1.29, 1.82) is 0 Å². The summed E-state index contributed by atoms with van der Waals surface area (Å²) in [7, 11) is 0. The molecule has 1 rings (SSSR count). The molecular weight excluding hydrogens is 198 g/mol. The quantitative estimate of drug-likeness (QED) is 0.649. The van der Waals surface area contributed by atoms with E-state index in [4.69, 9.17) is 11.6 Å². The van der Waals surface area contributed by atoms with Crippen molar-refractivity contribution in [3.63, 3.8) is 0 Å². The number of nitrogens with zero attached hydrogens (tertiary/aromatic N) is 1. The van der Waals surface area contributed by atoms with Crippen LogP contribution in [0.2, 0.25) is 0 Å². The highest BCUT2D eigenvalue weighted by molar-refractivity contribution is 6.17. The SMILES string of the molecule is CCCCC(=O)N1CCC(CCCl)C1. The summed E-state index contributed by atoms with van der Waals surface area (Å²) in [5.41, 5.74) is 0. The lowest BCUT2D eigenvalue weighted by atomic mass is 10.1. The molecule has 3 heteroatoms. The maximum Gasteiger partial charge on any atom is 0.222 e. The number of hydrogen-bond donors (Lipinski definition) is 0. The van der Waals surface area contributed by atoms with Gasteiger partial charge in [0, 0.05) is 25.4 Å². The van der Waals surface area contributed by atoms with E-state index >= 15 is 0 Å². The average Bonchev–Trinajstić information content (AvgIpc) is 2.63. The second-order valence-corrected chi connectivity index (χ2v) is 4.45. The Kier molecular flexibility index (Phi) is 5.31. The van der Waals surface area contributed by atoms with Gasteiger partial charge in [0.25, 0.3) is 0 Å². The maximum absolute atomic E-state index is 11.6. The second-order valence-electron chi connectivity index (χ2n) is 4.08. The van der Waals surface area contributed by atoms with Crippen LogP contribution in [0.5, 0.6) is 0 Å². The zero-order chi connectivity index (χ0) is 10.4. The molecule has 1 saturated heterocycles. The third-order valence-electron chi connectivity index (χ3n) is 2.90. The van der Waals surface area contributed by atoms with E-state index in [1.54, 1.807) is 0 Å². The summed E-state index contributed by atoms with van der Waals surface area (Å²) in [6.45, 7) is 4.01. The Labute approximate surface area is 91.6 Å². The van der Waals surface area contributed by atoms with Crippen molar-refractivity contribution < 1.29 is 4.79 Å². The van der Waals surface area contributed by atoms with Gasteiger partial charge in [0.15, 0.2) is 0 Å². The molecule has 1 aliphatic rings. The van der Waals surface area contributed by atoms with Crippen LogP contribution in [0.3, 0.4) is 0 Å². The van der Waals surface area contributed by atoms with E-state index in [-0.39, 0.29) is 0 Å². The molecule has 1 unspecified atom stereocenters. The number of hydrogen-bond acceptors (Lipinski definition) is 1. The van der Waals surface area contributed by atoms with Crippen LogP contribution >= 0.6 is 11.6 Å². The second kappa shape index (κ2) is 6.28. The Morgan fingerprint density at radius 3 is 3.00 bits per heavy atom. The summed E-state index contributed by atoms with van der Waals surface area (Å²) in [5, 5.41) is 0. The van der Waals surface area contributed by atoms with Crippen molar-refractivity contribution in [3.8, 4) is 0 Å². The fourth-order valence-corrected chi connectivity index (χ4v) is 2.24. The maximum atomic E-state index is 11.6. The highest BCUT2D eigenvalue weighted by Gasteiger charge is 2.24. The molecule has 1 heterocycles. The zero-order valence-corrected chi connectivity index (χ0v) is 9.72. The van der Waals surface area contributed by atoms with Crippen molar-refractivity contribution in [1.82, 2.24) is 4.90 Å². The Morgan fingerprint density at radius 1 is 1.57 bits per heavy atom. The lowest BCUT2D eigenvalue weighted by Crippen LogP contribution is -2.28. The Bertz CT molecular complexity index is 184. The molecule has 1 aliphatic heterocycles. The van der Waals surface area contributed by atoms with Gasteiger partial charge < -0.3 is 4.90 Å². The first-order chi connectivity index (χ1) is 6.77. The van der Waals surface area contributed by atoms with Gasteiger partial charge in [0.2, 0.25) is 5.91 Å². The predicted molar refractivity (Wildman–Crippen MR) is 59.5 cm³/mol. The molecule has 14 heavy (non-hydrogen) atoms. The molecule has 0 aliphatic carbocycles. The van der Waals surface area contributed by atoms with Crippen LogP contribution in [0, 0.1) is 5.92 Å². The molecular formula is C11H20ClNO. The van der Waals surface area contributed by atoms with Gasteiger partial charge in [-0.05, 0) is 25.2 Å². The fourth-order valence-electron chi connectivity index (χ4n) is 1.94. The Morgan fingerprint density at radius 2 is 2.36 bits per heavy atom. The number of unbranched alkanes of at least 4 members (excludes halogenated alkanes) is 1. The monoisotopic (exact) mass is 217 g/mol. The molecule has 0 aromatic rings. The standard InChI is InChI=1S/C11H20ClNO/c1-2-3-4-11(14)13-8-6-10(9-13)5-7-12/h10H,2-9H2,1H3. The van der Waals surface area contributed by atoms with Crippen LogP contribution in [-0.2, 0) is 4.79 Å². The number of alkyl halides is 1. The number of amides is 1. The van der Waals surface area contributed by atoms with E-state index in [9.17, 15) is 4.79 Å². The van der Waals surface area contributed by atoms with E-state index in [1.807, 2.05) is 4.90 Å². The van der Waals surface area contributed by atoms with Gasteiger partial charge in [-0.25, -0.2) is 0 Å². The van der Waals surface area contributed by atoms with Gasteiger partial charge in [-0.1, -0.05) is 13.3 Å². The van der Waals surface area contributed by atoms with Crippen molar-refractivity contribution in [2.24, 2.45) is 5.92 Å². The van der Waals surface area contributed by atoms with Crippen LogP contribution in [0.4, 0.5) is 0 Å². The number of halogens is 1. The lowest BCUT2D eigenvalue weighted by Gasteiger charge is -2.15. The van der Waals surface area contributed by atoms with Crippen LogP contribution in [0.25, 0.3) is 0 Å². The molecule has 0 aromatic heterocycles. The molecule has 0 saturated carbocycles. The lowest BCUT2D eigenvalue weighted by molar-refractivity contribution is -0.130. The zero-order valence-electron chi connectivity index (χ0n) is 8.97. The van der Waals surface area contributed by atoms with E-state index in [0.29, 0.717) is 11.8 Å². The normalized spacial score (nSPS) is 21.6. The minimum absolute atomic E-state index is 0.337. The molecule has 2 nitrogen and oxygen atoms in total. The molecule has 1 atom stereocenters. The average molecular weight is 218 g/mol. The topological polar surface area (TPSA) is 20.3 Å². The molecule has 0 N–H and O–H groups in total. The van der Waals surface area contributed by atoms with Crippen LogP contribution in [0.15, 0.2) is 0 Å². The Hall–Kier alpha value is -0.240. The van der Waals surface area contributed by atoms with E-state index < -0.39 is 0 Å². The summed E-state index contributed by atoms with van der Waals surface area (Å²) in [6.07, 6.45) is 5.05. The third-order valence-corrected chi connectivity index (χ3v) is 3.12. The predicted octanol–water partition coefficient (Wildman–Crippen LogP) is 2.65. The van der Waals surface area contributed by atoms with E-state index in [0.717, 1.165) is 51.1 Å². The molecule has 0 spiro atoms. The van der Waals surface area contributed by atoms with Gasteiger partial charge in [-0.15, -0.1) is 11.6 Å². The molecule has 1 fully saturated rings. The van der Waals surface area contributed by atoms with E-state index in [2.05, 4.69) is 6.92 Å². The van der Waals surface area contributed by atoms with Gasteiger partial charge in [-0.3, -0.25) is 4.79 Å². The minimum atomic E-state index is 0.337. The summed E-state index contributed by atoms with van der Waals surface area (Å²) in [6, 6.07) is 0. The van der Waals surface area contributed by atoms with Crippen molar-refractivity contribution in [2.75, 3.05) is 19.0 Å². The largest absolute Gasteiger partial charge is 0.342 e. The summed E-state index contributed by atoms with van der Waals surface area (Å²) in [5.74, 6) is 1.71. The van der Waals surface area contributed by atoms with Crippen LogP contribution < -0.4 is 0 Å². The Balaban J connectivity index is 2.23. The van der Waals surface area contributed by atoms with E-state index in [1.165, 1.54) is 0 Å². The minimum Gasteiger partial charge on any atom is -0.342 e. The first kappa shape index (κ1) is 11.8. The van der Waals surface area contributed by atoms with Crippen molar-refractivity contribution in [2.45, 2.75) is 39.0 Å². The number of rotatable bonds is 5. The fraction of sp³-hybridized carbons (Fsp3) is 0.909. The van der Waals surface area contributed by atoms with Gasteiger partial charge in [-0.2, -0.15) is 0 Å². The molecule has 0 radical (unpaired) electrons. The van der Waals surface area contributed by atoms with Gasteiger partial charge >= 0.3 is 0 Å². The highest BCUT2D eigenvalue weighted by atomic mass is 35.5. The van der Waals surface area contributed by atoms with Crippen molar-refractivity contribution >= 4 is 17.5 Å². The molecule has 82 valence electrons. The number of carbonyl (C=O) groups excluding carboxylic acids is 1. The number of likely N-dealkylation sites (tertiary alicyclic amines) is 1. The van der Waals surface area contributed by atoms with Gasteiger partial charge in [0.05, 0.1) is 0 Å². The van der Waals surface area contributed by atoms with Gasteiger partial charge in [0.1, 0.15) is 0 Å². The molecule has 1 amide bonds. The molecule has 0 bridgehead atoms. The summed E-state index contributed by atoms with van der Waals surface area (Å²) < 4.78 is 0. The van der Waals surface area contributed by atoms with Crippen LogP contribution in [0.1, 0.15) is 39.0 Å². The first-order valence-corrected chi connectivity index (χ1v) is 6.15. The summed E-state index contributed by atoms with van der Waals surface area (Å²) in [4.78, 5) is 13.7. The molecule has 0 aromatic carbocycles.